The van der Waals surface area contributed by atoms with E-state index in [0.717, 1.165) is 30.3 Å². The first-order valence-electron chi connectivity index (χ1n) is 7.94. The molecule has 0 spiro atoms. The summed E-state index contributed by atoms with van der Waals surface area (Å²) in [5.41, 5.74) is -1.34. The normalized spacial score (nSPS) is 11.2. The van der Waals surface area contributed by atoms with Crippen LogP contribution in [0.1, 0.15) is 15.9 Å². The number of rotatable bonds is 4. The highest BCUT2D eigenvalue weighted by Gasteiger charge is 2.30. The molecule has 0 heterocycles. The van der Waals surface area contributed by atoms with Crippen molar-refractivity contribution in [2.45, 2.75) is 6.18 Å². The Morgan fingerprint density at radius 3 is 2.04 bits per heavy atom. The summed E-state index contributed by atoms with van der Waals surface area (Å²) in [7, 11) is 0. The molecule has 3 aromatic rings. The van der Waals surface area contributed by atoms with Gasteiger partial charge < -0.3 is 10.1 Å². The molecule has 1 amide bonds. The molecule has 3 aromatic carbocycles. The van der Waals surface area contributed by atoms with E-state index in [1.165, 1.54) is 36.4 Å². The fourth-order valence-electron chi connectivity index (χ4n) is 2.39. The van der Waals surface area contributed by atoms with Crippen LogP contribution in [0.3, 0.4) is 0 Å². The third-order valence-electron chi connectivity index (χ3n) is 3.70. The molecule has 0 unspecified atom stereocenters. The molecule has 0 bridgehead atoms. The van der Waals surface area contributed by atoms with E-state index in [4.69, 9.17) is 4.74 Å². The van der Waals surface area contributed by atoms with Gasteiger partial charge in [0.25, 0.3) is 5.91 Å². The summed E-state index contributed by atoms with van der Waals surface area (Å²) in [6.45, 7) is 0. The quantitative estimate of drug-likeness (QED) is 0.550. The maximum absolute atomic E-state index is 13.6. The molecular formula is C20H12F5NO2. The summed E-state index contributed by atoms with van der Waals surface area (Å²) >= 11 is 0. The van der Waals surface area contributed by atoms with E-state index in [1.807, 2.05) is 0 Å². The van der Waals surface area contributed by atoms with Gasteiger partial charge in [0.05, 0.1) is 5.56 Å². The Labute approximate surface area is 156 Å². The molecule has 0 atom stereocenters. The fourth-order valence-corrected chi connectivity index (χ4v) is 2.39. The number of amides is 1. The van der Waals surface area contributed by atoms with E-state index in [-0.39, 0.29) is 17.2 Å². The van der Waals surface area contributed by atoms with Crippen molar-refractivity contribution in [3.8, 4) is 11.5 Å². The van der Waals surface area contributed by atoms with Gasteiger partial charge in [-0.25, -0.2) is 8.78 Å². The van der Waals surface area contributed by atoms with E-state index in [0.29, 0.717) is 0 Å². The van der Waals surface area contributed by atoms with Crippen LogP contribution in [-0.2, 0) is 6.18 Å². The Kier molecular flexibility index (Phi) is 5.30. The van der Waals surface area contributed by atoms with Gasteiger partial charge in [-0.2, -0.15) is 13.2 Å². The summed E-state index contributed by atoms with van der Waals surface area (Å²) in [4.78, 5) is 12.0. The molecule has 0 aliphatic rings. The van der Waals surface area contributed by atoms with E-state index in [1.54, 1.807) is 0 Å². The zero-order chi connectivity index (χ0) is 20.3. The first-order valence-corrected chi connectivity index (χ1v) is 7.94. The van der Waals surface area contributed by atoms with Crippen molar-refractivity contribution in [1.29, 1.82) is 0 Å². The highest BCUT2D eigenvalue weighted by Crippen LogP contribution is 2.32. The maximum Gasteiger partial charge on any atom is 0.416 e. The van der Waals surface area contributed by atoms with Gasteiger partial charge in [-0.05, 0) is 54.6 Å². The molecule has 3 nitrogen and oxygen atoms in total. The molecule has 0 saturated heterocycles. The highest BCUT2D eigenvalue weighted by atomic mass is 19.4. The van der Waals surface area contributed by atoms with Crippen molar-refractivity contribution < 1.29 is 31.5 Å². The average Bonchev–Trinajstić information content (AvgIpc) is 2.63. The Hall–Kier alpha value is -3.42. The minimum Gasteiger partial charge on any atom is -0.457 e. The van der Waals surface area contributed by atoms with Crippen LogP contribution in [0.2, 0.25) is 0 Å². The average molecular weight is 393 g/mol. The lowest BCUT2D eigenvalue weighted by Crippen LogP contribution is -2.15. The van der Waals surface area contributed by atoms with Crippen molar-refractivity contribution in [3.05, 3.63) is 89.5 Å². The van der Waals surface area contributed by atoms with E-state index in [9.17, 15) is 26.7 Å². The minimum absolute atomic E-state index is 0.0139. The SMILES string of the molecule is O=C(Nc1ccc(Oc2cccc(C(F)(F)F)c2)cc1)c1c(F)cccc1F. The van der Waals surface area contributed by atoms with Crippen molar-refractivity contribution in [2.75, 3.05) is 5.32 Å². The van der Waals surface area contributed by atoms with E-state index in [2.05, 4.69) is 5.32 Å². The fraction of sp³-hybridized carbons (Fsp3) is 0.0500. The summed E-state index contributed by atoms with van der Waals surface area (Å²) in [5.74, 6) is -2.76. The Morgan fingerprint density at radius 2 is 1.43 bits per heavy atom. The number of carbonyl (C=O) groups excluding carboxylic acids is 1. The molecule has 0 aliphatic heterocycles. The van der Waals surface area contributed by atoms with Gasteiger partial charge in [-0.3, -0.25) is 4.79 Å². The third-order valence-corrected chi connectivity index (χ3v) is 3.70. The molecule has 144 valence electrons. The second-order valence-corrected chi connectivity index (χ2v) is 5.70. The van der Waals surface area contributed by atoms with Crippen LogP contribution >= 0.6 is 0 Å². The van der Waals surface area contributed by atoms with Crippen molar-refractivity contribution in [2.24, 2.45) is 0 Å². The monoisotopic (exact) mass is 393 g/mol. The van der Waals surface area contributed by atoms with Crippen LogP contribution in [0.4, 0.5) is 27.6 Å². The predicted molar refractivity (Wildman–Crippen MR) is 92.3 cm³/mol. The number of hydrogen-bond donors (Lipinski definition) is 1. The second-order valence-electron chi connectivity index (χ2n) is 5.70. The van der Waals surface area contributed by atoms with Crippen LogP contribution in [0.25, 0.3) is 0 Å². The topological polar surface area (TPSA) is 38.3 Å². The smallest absolute Gasteiger partial charge is 0.416 e. The largest absolute Gasteiger partial charge is 0.457 e. The first-order chi connectivity index (χ1) is 13.2. The molecule has 8 heteroatoms. The van der Waals surface area contributed by atoms with Crippen molar-refractivity contribution >= 4 is 11.6 Å². The number of hydrogen-bond acceptors (Lipinski definition) is 2. The van der Waals surface area contributed by atoms with Gasteiger partial charge in [-0.15, -0.1) is 0 Å². The molecule has 0 fully saturated rings. The van der Waals surface area contributed by atoms with Crippen molar-refractivity contribution in [1.82, 2.24) is 0 Å². The molecule has 0 radical (unpaired) electrons. The Balaban J connectivity index is 1.71. The maximum atomic E-state index is 13.6. The molecule has 1 N–H and O–H groups in total. The standard InChI is InChI=1S/C20H12F5NO2/c21-16-5-2-6-17(22)18(16)19(27)26-13-7-9-14(10-8-13)28-15-4-1-3-12(11-15)20(23,24)25/h1-11H,(H,26,27). The third kappa shape index (κ3) is 4.46. The van der Waals surface area contributed by atoms with E-state index < -0.39 is 34.8 Å². The van der Waals surface area contributed by atoms with Gasteiger partial charge in [-0.1, -0.05) is 12.1 Å². The van der Waals surface area contributed by atoms with Crippen LogP contribution < -0.4 is 10.1 Å². The molecule has 0 saturated carbocycles. The highest BCUT2D eigenvalue weighted by molar-refractivity contribution is 6.04. The summed E-state index contributed by atoms with van der Waals surface area (Å²) in [6, 6.07) is 13.0. The van der Waals surface area contributed by atoms with Crippen molar-refractivity contribution in [3.63, 3.8) is 0 Å². The summed E-state index contributed by atoms with van der Waals surface area (Å²) < 4.78 is 70.8. The zero-order valence-electron chi connectivity index (χ0n) is 14.1. The number of ether oxygens (including phenoxy) is 1. The van der Waals surface area contributed by atoms with Gasteiger partial charge in [0, 0.05) is 5.69 Å². The summed E-state index contributed by atoms with van der Waals surface area (Å²) in [6.07, 6.45) is -4.49. The summed E-state index contributed by atoms with van der Waals surface area (Å²) in [5, 5.41) is 2.34. The lowest BCUT2D eigenvalue weighted by molar-refractivity contribution is -0.137. The first kappa shape index (κ1) is 19.3. The predicted octanol–water partition coefficient (Wildman–Crippen LogP) is 6.03. The molecule has 28 heavy (non-hydrogen) atoms. The van der Waals surface area contributed by atoms with Gasteiger partial charge >= 0.3 is 6.18 Å². The number of alkyl halides is 3. The van der Waals surface area contributed by atoms with Crippen LogP contribution in [0.5, 0.6) is 11.5 Å². The lowest BCUT2D eigenvalue weighted by atomic mass is 10.1. The Morgan fingerprint density at radius 1 is 0.821 bits per heavy atom. The zero-order valence-corrected chi connectivity index (χ0v) is 14.1. The van der Waals surface area contributed by atoms with Crippen LogP contribution in [-0.4, -0.2) is 5.91 Å². The second kappa shape index (κ2) is 7.67. The van der Waals surface area contributed by atoms with E-state index >= 15 is 0 Å². The van der Waals surface area contributed by atoms with Crippen LogP contribution in [0, 0.1) is 11.6 Å². The van der Waals surface area contributed by atoms with Gasteiger partial charge in [0.1, 0.15) is 28.7 Å². The number of halogens is 5. The molecule has 0 aliphatic carbocycles. The Bertz CT molecular complexity index is 980. The number of nitrogens with one attached hydrogen (secondary N) is 1. The molecular weight excluding hydrogens is 381 g/mol. The number of anilines is 1. The van der Waals surface area contributed by atoms with Gasteiger partial charge in [0.2, 0.25) is 0 Å². The van der Waals surface area contributed by atoms with Crippen LogP contribution in [0.15, 0.2) is 66.7 Å². The lowest BCUT2D eigenvalue weighted by Gasteiger charge is -2.11. The molecule has 3 rings (SSSR count). The van der Waals surface area contributed by atoms with Gasteiger partial charge in [0.15, 0.2) is 0 Å². The number of carbonyl (C=O) groups is 1. The molecule has 0 aromatic heterocycles. The minimum atomic E-state index is -4.49. The number of benzene rings is 3.